The molecule has 0 spiro atoms. The van der Waals surface area contributed by atoms with Gasteiger partial charge in [-0.05, 0) is 24.8 Å². The van der Waals surface area contributed by atoms with Crippen LogP contribution in [0, 0.1) is 0 Å². The van der Waals surface area contributed by atoms with Crippen LogP contribution in [0.5, 0.6) is 0 Å². The van der Waals surface area contributed by atoms with Crippen molar-refractivity contribution in [1.82, 2.24) is 14.5 Å². The molecule has 0 saturated carbocycles. The van der Waals surface area contributed by atoms with E-state index in [2.05, 4.69) is 9.97 Å². The number of aryl methyl sites for hydroxylation is 1. The Hall–Kier alpha value is -2.68. The Morgan fingerprint density at radius 2 is 2.00 bits per heavy atom. The highest BCUT2D eigenvalue weighted by molar-refractivity contribution is 7.21. The number of alkyl halides is 2. The summed E-state index contributed by atoms with van der Waals surface area (Å²) in [4.78, 5) is 36.2. The van der Waals surface area contributed by atoms with E-state index in [0.717, 1.165) is 34.3 Å². The number of halogens is 2. The second kappa shape index (κ2) is 7.23. The Balaban J connectivity index is 1.41. The Labute approximate surface area is 175 Å². The molecule has 0 bridgehead atoms. The van der Waals surface area contributed by atoms with Crippen LogP contribution in [0.2, 0.25) is 0 Å². The summed E-state index contributed by atoms with van der Waals surface area (Å²) >= 11 is 1.12. The van der Waals surface area contributed by atoms with E-state index < -0.39 is 23.7 Å². The number of rotatable bonds is 5. The van der Waals surface area contributed by atoms with E-state index in [1.54, 1.807) is 0 Å². The average Bonchev–Trinajstić information content (AvgIpc) is 3.45. The van der Waals surface area contributed by atoms with Gasteiger partial charge in [0.2, 0.25) is 0 Å². The molecule has 2 aliphatic rings. The normalized spacial score (nSPS) is 20.1. The number of benzene rings is 1. The number of Topliss-reactive ketones (excluding diaryl/α,β-unsaturated/α-hetero) is 1. The molecule has 6 nitrogen and oxygen atoms in total. The third-order valence-electron chi connectivity index (χ3n) is 5.86. The van der Waals surface area contributed by atoms with Gasteiger partial charge in [-0.1, -0.05) is 41.7 Å². The van der Waals surface area contributed by atoms with Crippen LogP contribution < -0.4 is 10.5 Å². The maximum atomic E-state index is 14.1. The molecule has 9 heteroatoms. The molecule has 0 N–H and O–H groups in total. The van der Waals surface area contributed by atoms with Crippen molar-refractivity contribution < 1.29 is 13.6 Å². The highest BCUT2D eigenvalue weighted by Crippen LogP contribution is 2.38. The first-order valence-corrected chi connectivity index (χ1v) is 10.9. The summed E-state index contributed by atoms with van der Waals surface area (Å²) in [6.45, 7) is 0.597. The molecular formula is C21H20F2N4O2S. The molecular weight excluding hydrogens is 410 g/mol. The van der Waals surface area contributed by atoms with Crippen molar-refractivity contribution >= 4 is 32.6 Å². The molecule has 5 rings (SSSR count). The molecule has 2 aromatic heterocycles. The lowest BCUT2D eigenvalue weighted by Crippen LogP contribution is -2.36. The summed E-state index contributed by atoms with van der Waals surface area (Å²) in [7, 11) is 0. The average molecular weight is 430 g/mol. The first-order valence-electron chi connectivity index (χ1n) is 10.1. The maximum absolute atomic E-state index is 14.1. The van der Waals surface area contributed by atoms with Gasteiger partial charge in [0.1, 0.15) is 0 Å². The van der Waals surface area contributed by atoms with Gasteiger partial charge in [-0.2, -0.15) is 8.78 Å². The van der Waals surface area contributed by atoms with Crippen LogP contribution in [0.1, 0.15) is 37.1 Å². The van der Waals surface area contributed by atoms with Crippen LogP contribution in [-0.2, 0) is 23.7 Å². The smallest absolute Gasteiger partial charge is 0.306 e. The highest BCUT2D eigenvalue weighted by Gasteiger charge is 2.43. The number of hydrogen-bond donors (Lipinski definition) is 0. The number of anilines is 1. The van der Waals surface area contributed by atoms with Crippen LogP contribution in [-0.4, -0.2) is 32.9 Å². The van der Waals surface area contributed by atoms with E-state index in [1.165, 1.54) is 0 Å². The molecule has 1 saturated heterocycles. The monoisotopic (exact) mass is 430 g/mol. The molecule has 1 atom stereocenters. The molecule has 0 radical (unpaired) electrons. The van der Waals surface area contributed by atoms with Crippen molar-refractivity contribution in [3.63, 3.8) is 0 Å². The van der Waals surface area contributed by atoms with Crippen molar-refractivity contribution in [2.24, 2.45) is 0 Å². The third kappa shape index (κ3) is 3.21. The number of ketones is 1. The van der Waals surface area contributed by atoms with Gasteiger partial charge in [-0.15, -0.1) is 0 Å². The van der Waals surface area contributed by atoms with E-state index in [4.69, 9.17) is 0 Å². The number of nitrogens with zero attached hydrogens (tertiary/aromatic N) is 4. The number of thiazole rings is 1. The van der Waals surface area contributed by atoms with E-state index in [0.29, 0.717) is 24.5 Å². The van der Waals surface area contributed by atoms with Crippen LogP contribution in [0.25, 0.3) is 10.3 Å². The molecule has 0 aliphatic carbocycles. The van der Waals surface area contributed by atoms with Gasteiger partial charge in [-0.25, -0.2) is 9.97 Å². The van der Waals surface area contributed by atoms with Crippen molar-refractivity contribution in [2.75, 3.05) is 11.4 Å². The lowest BCUT2D eigenvalue weighted by atomic mass is 10.0. The SMILES string of the molecule is O=C(CCc1ccccc1)[C@H]1CCCN1c1nc2c(=O)n3c(nc2s1)C(F)(F)CC3. The number of aromatic nitrogens is 3. The first kappa shape index (κ1) is 19.3. The quantitative estimate of drug-likeness (QED) is 0.620. The molecule has 4 heterocycles. The van der Waals surface area contributed by atoms with E-state index in [-0.39, 0.29) is 28.7 Å². The van der Waals surface area contributed by atoms with Gasteiger partial charge < -0.3 is 4.90 Å². The summed E-state index contributed by atoms with van der Waals surface area (Å²) in [5, 5.41) is 0.512. The van der Waals surface area contributed by atoms with Gasteiger partial charge in [0, 0.05) is 25.9 Å². The van der Waals surface area contributed by atoms with Gasteiger partial charge >= 0.3 is 5.92 Å². The van der Waals surface area contributed by atoms with Crippen molar-refractivity contribution in [1.29, 1.82) is 0 Å². The Morgan fingerprint density at radius 3 is 2.80 bits per heavy atom. The molecule has 1 aromatic carbocycles. The summed E-state index contributed by atoms with van der Waals surface area (Å²) in [5.74, 6) is -3.44. The molecule has 0 amide bonds. The molecule has 0 unspecified atom stereocenters. The zero-order chi connectivity index (χ0) is 20.9. The van der Waals surface area contributed by atoms with Gasteiger partial charge in [0.15, 0.2) is 27.1 Å². The number of hydrogen-bond acceptors (Lipinski definition) is 6. The van der Waals surface area contributed by atoms with E-state index >= 15 is 0 Å². The summed E-state index contributed by atoms with van der Waals surface area (Å²) in [5.41, 5.74) is 0.697. The lowest BCUT2D eigenvalue weighted by Gasteiger charge is -2.22. The van der Waals surface area contributed by atoms with Gasteiger partial charge in [0.25, 0.3) is 5.56 Å². The molecule has 1 fully saturated rings. The first-order chi connectivity index (χ1) is 14.4. The molecule has 30 heavy (non-hydrogen) atoms. The zero-order valence-electron chi connectivity index (χ0n) is 16.2. The minimum absolute atomic E-state index is 0.0543. The molecule has 2 aliphatic heterocycles. The maximum Gasteiger partial charge on any atom is 0.306 e. The second-order valence-electron chi connectivity index (χ2n) is 7.80. The van der Waals surface area contributed by atoms with Crippen LogP contribution in [0.15, 0.2) is 35.1 Å². The summed E-state index contributed by atoms with van der Waals surface area (Å²) in [6.07, 6.45) is 2.26. The predicted octanol–water partition coefficient (Wildman–Crippen LogP) is 3.52. The van der Waals surface area contributed by atoms with Crippen molar-refractivity contribution in [3.8, 4) is 0 Å². The molecule has 3 aromatic rings. The fourth-order valence-corrected chi connectivity index (χ4v) is 5.29. The Kier molecular flexibility index (Phi) is 4.65. The number of carbonyl (C=O) groups excluding carboxylic acids is 1. The Morgan fingerprint density at radius 1 is 1.20 bits per heavy atom. The van der Waals surface area contributed by atoms with Gasteiger partial charge in [0.05, 0.1) is 6.04 Å². The number of fused-ring (bicyclic) bond motifs is 2. The molecule has 156 valence electrons. The fourth-order valence-electron chi connectivity index (χ4n) is 4.28. The predicted molar refractivity (Wildman–Crippen MR) is 110 cm³/mol. The largest absolute Gasteiger partial charge is 0.338 e. The topological polar surface area (TPSA) is 68.1 Å². The summed E-state index contributed by atoms with van der Waals surface area (Å²) in [6, 6.07) is 9.55. The van der Waals surface area contributed by atoms with E-state index in [9.17, 15) is 18.4 Å². The van der Waals surface area contributed by atoms with E-state index in [1.807, 2.05) is 35.2 Å². The van der Waals surface area contributed by atoms with Crippen LogP contribution >= 0.6 is 11.3 Å². The van der Waals surface area contributed by atoms with Crippen molar-refractivity contribution in [3.05, 3.63) is 52.1 Å². The fraction of sp³-hybridized carbons (Fsp3) is 0.429. The highest BCUT2D eigenvalue weighted by atomic mass is 32.1. The lowest BCUT2D eigenvalue weighted by molar-refractivity contribution is -0.120. The Bertz CT molecular complexity index is 1170. The van der Waals surface area contributed by atoms with Gasteiger partial charge in [-0.3, -0.25) is 14.2 Å². The number of carbonyl (C=O) groups is 1. The minimum atomic E-state index is -3.10. The van der Waals surface area contributed by atoms with Crippen molar-refractivity contribution in [2.45, 2.75) is 50.6 Å². The standard InChI is InChI=1S/C21H20F2N4O2S/c22-21(23)10-12-27-18(29)16-17(25-19(21)27)30-20(24-16)26-11-4-7-14(26)15(28)9-8-13-5-2-1-3-6-13/h1-3,5-6,14H,4,7-12H2/t14-/m1/s1. The third-order valence-corrected chi connectivity index (χ3v) is 6.84. The second-order valence-corrected chi connectivity index (χ2v) is 8.76. The zero-order valence-corrected chi connectivity index (χ0v) is 17.0. The minimum Gasteiger partial charge on any atom is -0.338 e. The van der Waals surface area contributed by atoms with Crippen LogP contribution in [0.4, 0.5) is 13.9 Å². The van der Waals surface area contributed by atoms with Crippen LogP contribution in [0.3, 0.4) is 0 Å². The summed E-state index contributed by atoms with van der Waals surface area (Å²) < 4.78 is 29.1.